The van der Waals surface area contributed by atoms with Gasteiger partial charge in [-0.15, -0.1) is 0 Å². The standard InChI is InChI=1S/C64H43N3/c1-6-20-49(21-7-1)65(50-22-8-2-9-23-50)54-38-36-44(37-39-54)47-40-45-34-35-46-41-48(43-60-63(46)62(45)59(42-47)67(60)53-28-14-5-15-29-53)61-55-30-16-18-32-57(55)64(58-33-19-17-31-56(58)61)66(51-24-10-3-11-25-51)52-26-12-4-13-27-52/h1-43H. The number of rotatable bonds is 9. The Morgan fingerprint density at radius 3 is 1.12 bits per heavy atom. The molecule has 0 radical (unpaired) electrons. The third kappa shape index (κ3) is 6.43. The van der Waals surface area contributed by atoms with Gasteiger partial charge in [-0.25, -0.2) is 0 Å². The van der Waals surface area contributed by atoms with Crippen LogP contribution in [0.1, 0.15) is 0 Å². The maximum absolute atomic E-state index is 2.49. The molecule has 0 unspecified atom stereocenters. The lowest BCUT2D eigenvalue weighted by atomic mass is 9.88. The zero-order chi connectivity index (χ0) is 44.3. The Hall–Kier alpha value is -8.92. The van der Waals surface area contributed by atoms with Gasteiger partial charge in [-0.3, -0.25) is 0 Å². The molecule has 0 fully saturated rings. The second-order valence-corrected chi connectivity index (χ2v) is 17.3. The quantitative estimate of drug-likeness (QED) is 0.106. The van der Waals surface area contributed by atoms with Crippen LogP contribution in [-0.4, -0.2) is 4.57 Å². The third-order valence-electron chi connectivity index (χ3n) is 13.4. The molecule has 0 spiro atoms. The van der Waals surface area contributed by atoms with Crippen LogP contribution in [0.15, 0.2) is 261 Å². The highest BCUT2D eigenvalue weighted by Crippen LogP contribution is 2.50. The normalized spacial score (nSPS) is 11.6. The van der Waals surface area contributed by atoms with Gasteiger partial charge in [0.2, 0.25) is 0 Å². The maximum atomic E-state index is 2.49. The minimum atomic E-state index is 1.11. The lowest BCUT2D eigenvalue weighted by molar-refractivity contribution is 1.18. The van der Waals surface area contributed by atoms with Gasteiger partial charge in [0.15, 0.2) is 0 Å². The van der Waals surface area contributed by atoms with Crippen LogP contribution in [0, 0.1) is 0 Å². The average Bonchev–Trinajstić information content (AvgIpc) is 3.74. The van der Waals surface area contributed by atoms with E-state index in [1.54, 1.807) is 0 Å². The number of para-hydroxylation sites is 5. The van der Waals surface area contributed by atoms with E-state index in [-0.39, 0.29) is 0 Å². The number of nitrogens with zero attached hydrogens (tertiary/aromatic N) is 3. The lowest BCUT2D eigenvalue weighted by Crippen LogP contribution is -2.11. The fraction of sp³-hybridized carbons (Fsp3) is 0. The summed E-state index contributed by atoms with van der Waals surface area (Å²) in [5, 5.41) is 9.86. The molecule has 0 amide bonds. The molecule has 67 heavy (non-hydrogen) atoms. The molecule has 314 valence electrons. The summed E-state index contributed by atoms with van der Waals surface area (Å²) in [6.07, 6.45) is 0. The molecule has 12 aromatic carbocycles. The van der Waals surface area contributed by atoms with Gasteiger partial charge in [-0.05, 0) is 141 Å². The van der Waals surface area contributed by atoms with Crippen LogP contribution in [0.3, 0.4) is 0 Å². The van der Waals surface area contributed by atoms with Crippen molar-refractivity contribution < 1.29 is 0 Å². The van der Waals surface area contributed by atoms with Gasteiger partial charge < -0.3 is 14.4 Å². The second kappa shape index (κ2) is 16.0. The zero-order valence-electron chi connectivity index (χ0n) is 36.7. The van der Waals surface area contributed by atoms with Crippen LogP contribution in [0.4, 0.5) is 34.1 Å². The van der Waals surface area contributed by atoms with Crippen LogP contribution in [0.2, 0.25) is 0 Å². The van der Waals surface area contributed by atoms with Gasteiger partial charge in [0.1, 0.15) is 0 Å². The topological polar surface area (TPSA) is 11.4 Å². The Labute approximate surface area is 389 Å². The highest BCUT2D eigenvalue weighted by atomic mass is 15.1. The highest BCUT2D eigenvalue weighted by Gasteiger charge is 2.25. The van der Waals surface area contributed by atoms with Crippen molar-refractivity contribution in [2.75, 3.05) is 9.80 Å². The molecule has 0 saturated heterocycles. The van der Waals surface area contributed by atoms with E-state index in [0.29, 0.717) is 0 Å². The van der Waals surface area contributed by atoms with Gasteiger partial charge in [0.25, 0.3) is 0 Å². The maximum Gasteiger partial charge on any atom is 0.0618 e. The summed E-state index contributed by atoms with van der Waals surface area (Å²) in [5.74, 6) is 0. The first-order valence-corrected chi connectivity index (χ1v) is 23.0. The summed E-state index contributed by atoms with van der Waals surface area (Å²) in [6.45, 7) is 0. The Morgan fingerprint density at radius 2 is 0.642 bits per heavy atom. The van der Waals surface area contributed by atoms with Crippen LogP contribution in [0.25, 0.3) is 82.1 Å². The van der Waals surface area contributed by atoms with E-state index in [1.807, 2.05) is 0 Å². The van der Waals surface area contributed by atoms with Crippen LogP contribution >= 0.6 is 0 Å². The number of hydrogen-bond acceptors (Lipinski definition) is 2. The monoisotopic (exact) mass is 853 g/mol. The van der Waals surface area contributed by atoms with Crippen molar-refractivity contribution in [1.82, 2.24) is 4.57 Å². The number of anilines is 6. The molecular formula is C64H43N3. The van der Waals surface area contributed by atoms with E-state index < -0.39 is 0 Å². The predicted octanol–water partition coefficient (Wildman–Crippen LogP) is 18.0. The molecule has 0 aliphatic heterocycles. The van der Waals surface area contributed by atoms with Crippen molar-refractivity contribution in [1.29, 1.82) is 0 Å². The van der Waals surface area contributed by atoms with Gasteiger partial charge in [0, 0.05) is 55.7 Å². The Morgan fingerprint density at radius 1 is 0.269 bits per heavy atom. The molecule has 1 aromatic heterocycles. The van der Waals surface area contributed by atoms with Crippen molar-refractivity contribution in [2.45, 2.75) is 0 Å². The second-order valence-electron chi connectivity index (χ2n) is 17.3. The Bertz CT molecular complexity index is 3750. The molecule has 1 heterocycles. The highest BCUT2D eigenvalue weighted by molar-refractivity contribution is 6.28. The first kappa shape index (κ1) is 38.5. The molecule has 13 rings (SSSR count). The van der Waals surface area contributed by atoms with Crippen molar-refractivity contribution in [3.05, 3.63) is 261 Å². The molecule has 0 N–H and O–H groups in total. The smallest absolute Gasteiger partial charge is 0.0618 e. The fourth-order valence-electron chi connectivity index (χ4n) is 10.6. The largest absolute Gasteiger partial charge is 0.311 e. The van der Waals surface area contributed by atoms with Gasteiger partial charge in [0.05, 0.1) is 16.7 Å². The first-order valence-electron chi connectivity index (χ1n) is 23.0. The van der Waals surface area contributed by atoms with Crippen LogP contribution < -0.4 is 9.80 Å². The molecule has 3 nitrogen and oxygen atoms in total. The Kier molecular flexibility index (Phi) is 9.17. The number of benzene rings is 12. The van der Waals surface area contributed by atoms with E-state index in [0.717, 1.165) is 34.1 Å². The lowest BCUT2D eigenvalue weighted by Gasteiger charge is -2.29. The van der Waals surface area contributed by atoms with Crippen LogP contribution in [0.5, 0.6) is 0 Å². The van der Waals surface area contributed by atoms with E-state index in [1.165, 1.54) is 82.1 Å². The van der Waals surface area contributed by atoms with Crippen molar-refractivity contribution in [2.24, 2.45) is 0 Å². The first-order chi connectivity index (χ1) is 33.3. The summed E-state index contributed by atoms with van der Waals surface area (Å²) in [5.41, 5.74) is 15.1. The summed E-state index contributed by atoms with van der Waals surface area (Å²) < 4.78 is 2.49. The van der Waals surface area contributed by atoms with E-state index in [9.17, 15) is 0 Å². The van der Waals surface area contributed by atoms with Crippen molar-refractivity contribution in [3.63, 3.8) is 0 Å². The minimum absolute atomic E-state index is 1.11. The molecule has 3 heteroatoms. The van der Waals surface area contributed by atoms with E-state index >= 15 is 0 Å². The molecule has 13 aromatic rings. The minimum Gasteiger partial charge on any atom is -0.311 e. The average molecular weight is 854 g/mol. The Balaban J connectivity index is 1.02. The van der Waals surface area contributed by atoms with E-state index in [4.69, 9.17) is 0 Å². The third-order valence-corrected chi connectivity index (χ3v) is 13.4. The van der Waals surface area contributed by atoms with Gasteiger partial charge >= 0.3 is 0 Å². The van der Waals surface area contributed by atoms with Crippen molar-refractivity contribution >= 4 is 88.2 Å². The summed E-state index contributed by atoms with van der Waals surface area (Å²) >= 11 is 0. The van der Waals surface area contributed by atoms with Crippen LogP contribution in [-0.2, 0) is 0 Å². The molecule has 0 atom stereocenters. The SMILES string of the molecule is c1ccc(N(c2ccccc2)c2ccc(-c3cc4ccc5cc(-c6c7ccccc7c(N(c7ccccc7)c7ccccc7)c7ccccc67)cc6c5c4c(c3)n6-c3ccccc3)cc2)cc1. The number of aromatic nitrogens is 1. The van der Waals surface area contributed by atoms with Gasteiger partial charge in [-0.2, -0.15) is 0 Å². The molecule has 0 bridgehead atoms. The summed E-state index contributed by atoms with van der Waals surface area (Å²) in [4.78, 5) is 4.74. The summed E-state index contributed by atoms with van der Waals surface area (Å²) in [7, 11) is 0. The molecule has 0 saturated carbocycles. The van der Waals surface area contributed by atoms with E-state index in [2.05, 4.69) is 275 Å². The fourth-order valence-corrected chi connectivity index (χ4v) is 10.6. The zero-order valence-corrected chi connectivity index (χ0v) is 36.7. The summed E-state index contributed by atoms with van der Waals surface area (Å²) in [6, 6.07) is 94.8. The van der Waals surface area contributed by atoms with Crippen molar-refractivity contribution in [3.8, 4) is 27.9 Å². The number of hydrogen-bond donors (Lipinski definition) is 0. The molecule has 0 aliphatic carbocycles. The molecular weight excluding hydrogens is 811 g/mol. The predicted molar refractivity (Wildman–Crippen MR) is 285 cm³/mol. The number of fused-ring (bicyclic) bond motifs is 2. The molecule has 0 aliphatic rings. The van der Waals surface area contributed by atoms with Gasteiger partial charge in [-0.1, -0.05) is 164 Å².